The van der Waals surface area contributed by atoms with Crippen molar-refractivity contribution < 1.29 is 17.1 Å². The van der Waals surface area contributed by atoms with Crippen molar-refractivity contribution in [1.29, 1.82) is 0 Å². The first-order valence-electron chi connectivity index (χ1n) is 15.4. The molecule has 234 valence electrons. The van der Waals surface area contributed by atoms with Crippen LogP contribution in [0.15, 0.2) is 134 Å². The third-order valence-corrected chi connectivity index (χ3v) is 13.2. The number of hydrogen-bond acceptors (Lipinski definition) is 0. The predicted molar refractivity (Wildman–Crippen MR) is 196 cm³/mol. The normalized spacial score (nSPS) is 12.0. The molecule has 5 heteroatoms. The molecule has 0 saturated heterocycles. The van der Waals surface area contributed by atoms with Gasteiger partial charge in [-0.3, -0.25) is 0 Å². The van der Waals surface area contributed by atoms with Gasteiger partial charge in [0, 0.05) is 29.9 Å². The van der Waals surface area contributed by atoms with Gasteiger partial charge in [0.15, 0.2) is 0 Å². The Balaban J connectivity index is 0.000000700. The van der Waals surface area contributed by atoms with Gasteiger partial charge in [0.2, 0.25) is 0 Å². The number of benzene rings is 2. The fourth-order valence-electron chi connectivity index (χ4n) is 6.47. The maximum absolute atomic E-state index is 3.34. The average molecular weight is 673 g/mol. The van der Waals surface area contributed by atoms with E-state index in [0.717, 1.165) is 6.16 Å². The van der Waals surface area contributed by atoms with Gasteiger partial charge in [-0.05, 0) is 39.7 Å². The van der Waals surface area contributed by atoms with E-state index >= 15 is 0 Å². The molecule has 1 atom stereocenters. The minimum Gasteiger partial charge on any atom is -0.367 e. The van der Waals surface area contributed by atoms with Crippen molar-refractivity contribution in [1.82, 2.24) is 9.97 Å². The predicted octanol–water partition coefficient (Wildman–Crippen LogP) is 11.5. The van der Waals surface area contributed by atoms with Gasteiger partial charge in [-0.1, -0.05) is 126 Å². The van der Waals surface area contributed by atoms with Crippen molar-refractivity contribution >= 4 is 17.2 Å². The van der Waals surface area contributed by atoms with E-state index in [1.807, 2.05) is 42.7 Å². The van der Waals surface area contributed by atoms with Gasteiger partial charge in [0.05, 0.1) is 0 Å². The Hall–Kier alpha value is -2.92. The second kappa shape index (κ2) is 14.7. The minimum atomic E-state index is -0.400. The van der Waals surface area contributed by atoms with Crippen molar-refractivity contribution in [2.45, 2.75) is 63.2 Å². The van der Waals surface area contributed by atoms with Crippen LogP contribution in [-0.4, -0.2) is 20.3 Å². The molecule has 0 radical (unpaired) electrons. The van der Waals surface area contributed by atoms with E-state index in [1.165, 1.54) is 44.5 Å². The number of aromatic nitrogens is 2. The molecule has 6 aromatic rings. The topological polar surface area (TPSA) is 31.6 Å². The Morgan fingerprint density at radius 3 is 1.64 bits per heavy atom. The Labute approximate surface area is 284 Å². The third-order valence-electron chi connectivity index (χ3n) is 8.35. The van der Waals surface area contributed by atoms with Crippen molar-refractivity contribution in [2.24, 2.45) is 0 Å². The summed E-state index contributed by atoms with van der Waals surface area (Å²) in [6, 6.07) is 38.9. The average Bonchev–Trinajstić information content (AvgIpc) is 3.83. The van der Waals surface area contributed by atoms with E-state index in [9.17, 15) is 0 Å². The van der Waals surface area contributed by atoms with E-state index in [0.29, 0.717) is 0 Å². The fraction of sp³-hybridized carbons (Fsp3) is 0.250. The van der Waals surface area contributed by atoms with Gasteiger partial charge >= 0.3 is 17.1 Å². The fourth-order valence-corrected chi connectivity index (χ4v) is 10.7. The van der Waals surface area contributed by atoms with Crippen LogP contribution < -0.4 is 0 Å². The molecule has 2 nitrogen and oxygen atoms in total. The summed E-state index contributed by atoms with van der Waals surface area (Å²) in [5.41, 5.74) is 10.5. The largest absolute Gasteiger partial charge is 2.00 e. The summed E-state index contributed by atoms with van der Waals surface area (Å²) in [7, 11) is 2.89. The maximum Gasteiger partial charge on any atom is 2.00 e. The van der Waals surface area contributed by atoms with Crippen molar-refractivity contribution in [2.75, 3.05) is 0 Å². The quantitative estimate of drug-likeness (QED) is 0.0961. The molecule has 0 saturated carbocycles. The molecule has 2 aromatic heterocycles. The number of hydrogen-bond donors (Lipinski definition) is 2. The molecule has 4 aromatic carbocycles. The molecule has 0 aliphatic heterocycles. The van der Waals surface area contributed by atoms with Crippen LogP contribution in [0.4, 0.5) is 0 Å². The molecule has 0 amide bonds. The van der Waals surface area contributed by atoms with Crippen LogP contribution in [0.1, 0.15) is 63.8 Å². The molecule has 6 rings (SSSR count). The number of aromatic amines is 2. The van der Waals surface area contributed by atoms with Crippen LogP contribution in [-0.2, 0) is 28.4 Å². The molecule has 0 bridgehead atoms. The zero-order valence-electron chi connectivity index (χ0n) is 27.3. The molecule has 0 spiro atoms. The van der Waals surface area contributed by atoms with Crippen LogP contribution in [0, 0.1) is 0 Å². The summed E-state index contributed by atoms with van der Waals surface area (Å²) in [5, 5.41) is 0.00603. The molecule has 0 fully saturated rings. The van der Waals surface area contributed by atoms with Crippen LogP contribution >= 0.6 is 17.2 Å². The first-order chi connectivity index (χ1) is 21.0. The summed E-state index contributed by atoms with van der Waals surface area (Å²) in [5.74, 6) is 0. The summed E-state index contributed by atoms with van der Waals surface area (Å²) in [4.78, 5) is 6.68. The van der Waals surface area contributed by atoms with E-state index in [2.05, 4.69) is 152 Å². The van der Waals surface area contributed by atoms with E-state index in [-0.39, 0.29) is 35.3 Å². The van der Waals surface area contributed by atoms with Gasteiger partial charge in [0.25, 0.3) is 0 Å². The third kappa shape index (κ3) is 7.73. The van der Waals surface area contributed by atoms with Crippen LogP contribution in [0.5, 0.6) is 0 Å². The Morgan fingerprint density at radius 2 is 1.22 bits per heavy atom. The van der Waals surface area contributed by atoms with Crippen molar-refractivity contribution in [3.63, 3.8) is 0 Å². The van der Waals surface area contributed by atoms with E-state index in [1.54, 1.807) is 0 Å². The molecule has 45 heavy (non-hydrogen) atoms. The zero-order chi connectivity index (χ0) is 31.4. The Morgan fingerprint density at radius 1 is 0.711 bits per heavy atom. The number of nitrogens with one attached hydrogen (secondary N) is 2. The van der Waals surface area contributed by atoms with E-state index < -0.39 is 5.16 Å². The molecule has 2 N–H and O–H groups in total. The summed E-state index contributed by atoms with van der Waals surface area (Å²) >= 11 is 0. The maximum atomic E-state index is 3.34. The Bertz CT molecular complexity index is 1620. The first kappa shape index (κ1) is 34.9. The van der Waals surface area contributed by atoms with Gasteiger partial charge in [0.1, 0.15) is 0 Å². The molecule has 1 unspecified atom stereocenters. The van der Waals surface area contributed by atoms with Gasteiger partial charge < -0.3 is 9.97 Å². The van der Waals surface area contributed by atoms with Crippen LogP contribution in [0.25, 0.3) is 22.3 Å². The van der Waals surface area contributed by atoms with Crippen LogP contribution in [0.3, 0.4) is 0 Å². The molecular weight excluding hydrogens is 626 g/mol. The Kier molecular flexibility index (Phi) is 11.4. The van der Waals surface area contributed by atoms with E-state index in [4.69, 9.17) is 0 Å². The van der Waals surface area contributed by atoms with Crippen LogP contribution in [0.2, 0.25) is 0 Å². The number of H-pyrrole nitrogens is 2. The molecule has 0 aliphatic rings. The number of rotatable bonds is 7. The SMILES string of the molecule is CC(C)(C)P(Cc1c(C(P)(c2cc[nH]c2)c2cc[nH]c2)cc(-c2ccccc2)[c-]1-c1ccccc1)C(C)(C)C.[Fe+2].c1cc[cH-]c1. The van der Waals surface area contributed by atoms with Gasteiger partial charge in [-0.15, -0.1) is 33.0 Å². The molecule has 2 heterocycles. The monoisotopic (exact) mass is 672 g/mol. The minimum absolute atomic E-state index is 0. The smallest absolute Gasteiger partial charge is 0.367 e. The van der Waals surface area contributed by atoms with Crippen molar-refractivity contribution in [3.05, 3.63) is 156 Å². The molecular formula is C40H46FeN2P2. The molecule has 0 aliphatic carbocycles. The second-order valence-electron chi connectivity index (χ2n) is 13.5. The van der Waals surface area contributed by atoms with Gasteiger partial charge in [-0.25, -0.2) is 12.1 Å². The first-order valence-corrected chi connectivity index (χ1v) is 17.6. The summed E-state index contributed by atoms with van der Waals surface area (Å²) in [6.07, 6.45) is 9.43. The zero-order valence-corrected chi connectivity index (χ0v) is 30.4. The standard InChI is InChI=1S/C35H41N2P2.C5H5.Fe/c1-33(2,3)39(34(4,5)6)24-30-31(35(38,27-17-19-36-22-27)28-18-20-37-23-28)21-29(25-13-9-7-10-14-25)32(30)26-15-11-8-12-16-26;1-2-4-5-3-1;/h7-23,36-37H,24,38H2,1-6H3;1-5H;/q2*-1;+2. The van der Waals surface area contributed by atoms with Gasteiger partial charge in [-0.2, -0.15) is 18.2 Å². The van der Waals surface area contributed by atoms with Crippen molar-refractivity contribution in [3.8, 4) is 22.3 Å². The summed E-state index contributed by atoms with van der Waals surface area (Å²) in [6.45, 7) is 14.6. The second-order valence-corrected chi connectivity index (χ2v) is 18.2. The summed E-state index contributed by atoms with van der Waals surface area (Å²) < 4.78 is 0.